The van der Waals surface area contributed by atoms with Gasteiger partial charge in [-0.2, -0.15) is 0 Å². The average Bonchev–Trinajstić information content (AvgIpc) is 2.24. The van der Waals surface area contributed by atoms with Crippen LogP contribution in [0.5, 0.6) is 0 Å². The van der Waals surface area contributed by atoms with Crippen LogP contribution in [-0.4, -0.2) is 30.1 Å². The second kappa shape index (κ2) is 4.93. The summed E-state index contributed by atoms with van der Waals surface area (Å²) in [7, 11) is 0. The Morgan fingerprint density at radius 1 is 1.44 bits per heavy atom. The first kappa shape index (κ1) is 11.6. The van der Waals surface area contributed by atoms with E-state index in [0.717, 1.165) is 25.2 Å². The van der Waals surface area contributed by atoms with Gasteiger partial charge in [-0.05, 0) is 31.5 Å². The van der Waals surface area contributed by atoms with Crippen molar-refractivity contribution >= 4 is 0 Å². The van der Waals surface area contributed by atoms with Crippen molar-refractivity contribution in [1.82, 2.24) is 10.2 Å². The van der Waals surface area contributed by atoms with Crippen molar-refractivity contribution in [2.75, 3.05) is 13.1 Å². The molecule has 3 heteroatoms. The molecule has 0 saturated carbocycles. The Bertz CT molecular complexity index is 354. The number of hydrogen-bond donors (Lipinski definition) is 1. The van der Waals surface area contributed by atoms with E-state index < -0.39 is 0 Å². The molecule has 0 amide bonds. The van der Waals surface area contributed by atoms with E-state index in [0.29, 0.717) is 12.1 Å². The lowest BCUT2D eigenvalue weighted by molar-refractivity contribution is 0.138. The van der Waals surface area contributed by atoms with Crippen LogP contribution >= 0.6 is 0 Å². The highest BCUT2D eigenvalue weighted by Crippen LogP contribution is 2.13. The number of rotatable bonds is 2. The van der Waals surface area contributed by atoms with Crippen molar-refractivity contribution in [3.05, 3.63) is 35.6 Å². The molecule has 0 unspecified atom stereocenters. The maximum atomic E-state index is 13.1. The van der Waals surface area contributed by atoms with E-state index in [4.69, 9.17) is 0 Å². The summed E-state index contributed by atoms with van der Waals surface area (Å²) in [6, 6.07) is 7.92. The maximum Gasteiger partial charge on any atom is 0.123 e. The zero-order valence-corrected chi connectivity index (χ0v) is 9.91. The first-order chi connectivity index (χ1) is 7.65. The number of hydrogen-bond acceptors (Lipinski definition) is 2. The number of nitrogens with one attached hydrogen (secondary N) is 1. The molecule has 1 N–H and O–H groups in total. The smallest absolute Gasteiger partial charge is 0.123 e. The number of benzene rings is 1. The molecule has 1 fully saturated rings. The van der Waals surface area contributed by atoms with Crippen LogP contribution in [0.4, 0.5) is 4.39 Å². The summed E-state index contributed by atoms with van der Waals surface area (Å²) in [6.45, 7) is 7.27. The van der Waals surface area contributed by atoms with Gasteiger partial charge < -0.3 is 5.32 Å². The van der Waals surface area contributed by atoms with E-state index in [2.05, 4.69) is 24.1 Å². The molecule has 1 aliphatic heterocycles. The lowest BCUT2D eigenvalue weighted by atomic mass is 10.1. The Balaban J connectivity index is 2.02. The molecule has 0 bridgehead atoms. The highest BCUT2D eigenvalue weighted by Gasteiger charge is 2.22. The van der Waals surface area contributed by atoms with Crippen molar-refractivity contribution < 1.29 is 4.39 Å². The zero-order chi connectivity index (χ0) is 11.5. The van der Waals surface area contributed by atoms with Crippen LogP contribution in [0, 0.1) is 5.82 Å². The third-order valence-corrected chi connectivity index (χ3v) is 3.17. The molecule has 2 nitrogen and oxygen atoms in total. The Hall–Kier alpha value is -0.930. The Morgan fingerprint density at radius 3 is 3.00 bits per heavy atom. The van der Waals surface area contributed by atoms with Crippen molar-refractivity contribution in [1.29, 1.82) is 0 Å². The van der Waals surface area contributed by atoms with Gasteiger partial charge in [0.2, 0.25) is 0 Å². The quantitative estimate of drug-likeness (QED) is 0.823. The molecule has 1 aliphatic rings. The number of nitrogens with zero attached hydrogens (tertiary/aromatic N) is 1. The fourth-order valence-corrected chi connectivity index (χ4v) is 2.19. The lowest BCUT2D eigenvalue weighted by Gasteiger charge is -2.37. The molecule has 0 radical (unpaired) electrons. The third kappa shape index (κ3) is 2.80. The normalized spacial score (nSPS) is 26.9. The van der Waals surface area contributed by atoms with Gasteiger partial charge in [-0.3, -0.25) is 4.90 Å². The van der Waals surface area contributed by atoms with E-state index >= 15 is 0 Å². The van der Waals surface area contributed by atoms with Crippen molar-refractivity contribution in [2.45, 2.75) is 32.5 Å². The van der Waals surface area contributed by atoms with Gasteiger partial charge in [0.05, 0.1) is 0 Å². The van der Waals surface area contributed by atoms with E-state index in [1.54, 1.807) is 12.1 Å². The Kier molecular flexibility index (Phi) is 3.56. The molecule has 0 aliphatic carbocycles. The minimum Gasteiger partial charge on any atom is -0.311 e. The summed E-state index contributed by atoms with van der Waals surface area (Å²) in [5.74, 6) is -0.145. The van der Waals surface area contributed by atoms with Crippen LogP contribution in [0.2, 0.25) is 0 Å². The van der Waals surface area contributed by atoms with Gasteiger partial charge in [0.1, 0.15) is 5.82 Å². The SMILES string of the molecule is C[C@@H]1CN(Cc2cccc(F)c2)[C@@H](C)CN1. The molecule has 2 rings (SSSR count). The minimum absolute atomic E-state index is 0.145. The first-order valence-corrected chi connectivity index (χ1v) is 5.87. The minimum atomic E-state index is -0.145. The summed E-state index contributed by atoms with van der Waals surface area (Å²) >= 11 is 0. The van der Waals surface area contributed by atoms with Gasteiger partial charge in [-0.15, -0.1) is 0 Å². The van der Waals surface area contributed by atoms with Crippen molar-refractivity contribution in [3.8, 4) is 0 Å². The standard InChI is InChI=1S/C13H19FN2/c1-10-8-16(11(2)7-15-10)9-12-4-3-5-13(14)6-12/h3-6,10-11,15H,7-9H2,1-2H3/t10-,11+/m1/s1. The van der Waals surface area contributed by atoms with E-state index in [-0.39, 0.29) is 5.82 Å². The second-order valence-corrected chi connectivity index (χ2v) is 4.72. The van der Waals surface area contributed by atoms with E-state index in [9.17, 15) is 4.39 Å². The van der Waals surface area contributed by atoms with Crippen LogP contribution < -0.4 is 5.32 Å². The third-order valence-electron chi connectivity index (χ3n) is 3.17. The van der Waals surface area contributed by atoms with Gasteiger partial charge in [0.25, 0.3) is 0 Å². The summed E-state index contributed by atoms with van der Waals surface area (Å²) in [5.41, 5.74) is 1.06. The largest absolute Gasteiger partial charge is 0.311 e. The molecule has 1 heterocycles. The molecule has 0 spiro atoms. The van der Waals surface area contributed by atoms with E-state index in [1.165, 1.54) is 6.07 Å². The molecule has 1 aromatic rings. The molecule has 0 aromatic heterocycles. The second-order valence-electron chi connectivity index (χ2n) is 4.72. The van der Waals surface area contributed by atoms with Crippen LogP contribution in [0.15, 0.2) is 24.3 Å². The first-order valence-electron chi connectivity index (χ1n) is 5.87. The summed E-state index contributed by atoms with van der Waals surface area (Å²) in [6.07, 6.45) is 0. The molecular weight excluding hydrogens is 203 g/mol. The number of halogens is 1. The van der Waals surface area contributed by atoms with Gasteiger partial charge in [-0.25, -0.2) is 4.39 Å². The lowest BCUT2D eigenvalue weighted by Crippen LogP contribution is -2.53. The zero-order valence-electron chi connectivity index (χ0n) is 9.91. The van der Waals surface area contributed by atoms with Gasteiger partial charge in [0.15, 0.2) is 0 Å². The number of piperazine rings is 1. The molecule has 2 atom stereocenters. The van der Waals surface area contributed by atoms with Crippen molar-refractivity contribution in [2.24, 2.45) is 0 Å². The molecule has 16 heavy (non-hydrogen) atoms. The van der Waals surface area contributed by atoms with Crippen LogP contribution in [0.25, 0.3) is 0 Å². The van der Waals surface area contributed by atoms with Crippen molar-refractivity contribution in [3.63, 3.8) is 0 Å². The highest BCUT2D eigenvalue weighted by molar-refractivity contribution is 5.16. The summed E-state index contributed by atoms with van der Waals surface area (Å²) in [5, 5.41) is 3.44. The van der Waals surface area contributed by atoms with Crippen LogP contribution in [0.1, 0.15) is 19.4 Å². The molecule has 1 saturated heterocycles. The summed E-state index contributed by atoms with van der Waals surface area (Å²) in [4.78, 5) is 2.40. The van der Waals surface area contributed by atoms with Crippen LogP contribution in [-0.2, 0) is 6.54 Å². The monoisotopic (exact) mass is 222 g/mol. The summed E-state index contributed by atoms with van der Waals surface area (Å²) < 4.78 is 13.1. The predicted molar refractivity (Wildman–Crippen MR) is 63.7 cm³/mol. The molecule has 88 valence electrons. The van der Waals surface area contributed by atoms with Gasteiger partial charge in [0, 0.05) is 31.7 Å². The van der Waals surface area contributed by atoms with Gasteiger partial charge >= 0.3 is 0 Å². The fraction of sp³-hybridized carbons (Fsp3) is 0.538. The fourth-order valence-electron chi connectivity index (χ4n) is 2.19. The average molecular weight is 222 g/mol. The Labute approximate surface area is 96.5 Å². The van der Waals surface area contributed by atoms with Gasteiger partial charge in [-0.1, -0.05) is 12.1 Å². The predicted octanol–water partition coefficient (Wildman–Crippen LogP) is 2.01. The molecule has 1 aromatic carbocycles. The maximum absolute atomic E-state index is 13.1. The topological polar surface area (TPSA) is 15.3 Å². The highest BCUT2D eigenvalue weighted by atomic mass is 19.1. The van der Waals surface area contributed by atoms with Crippen LogP contribution in [0.3, 0.4) is 0 Å². The molecular formula is C13H19FN2. The Morgan fingerprint density at radius 2 is 2.25 bits per heavy atom. The van der Waals surface area contributed by atoms with E-state index in [1.807, 2.05) is 6.07 Å².